The maximum atomic E-state index is 13.7. The summed E-state index contributed by atoms with van der Waals surface area (Å²) >= 11 is 11.8. The molecule has 0 saturated carbocycles. The molecule has 0 aromatic heterocycles. The van der Waals surface area contributed by atoms with Gasteiger partial charge < -0.3 is 10.1 Å². The zero-order valence-electron chi connectivity index (χ0n) is 13.3. The molecule has 0 aliphatic heterocycles. The minimum atomic E-state index is -1.40. The van der Waals surface area contributed by atoms with Gasteiger partial charge in [0, 0.05) is 28.6 Å². The van der Waals surface area contributed by atoms with Crippen LogP contribution in [0.4, 0.5) is 13.2 Å². The van der Waals surface area contributed by atoms with E-state index in [2.05, 4.69) is 10.1 Å². The largest absolute Gasteiger partial charge is 0.467 e. The Labute approximate surface area is 156 Å². The third-order valence-electron chi connectivity index (χ3n) is 3.46. The Morgan fingerprint density at radius 1 is 1.12 bits per heavy atom. The highest BCUT2D eigenvalue weighted by Crippen LogP contribution is 2.23. The van der Waals surface area contributed by atoms with Crippen LogP contribution >= 0.6 is 23.2 Å². The molecular formula is C17H12Cl2F3NO3. The number of amides is 1. The summed E-state index contributed by atoms with van der Waals surface area (Å²) in [5.41, 5.74) is -0.561. The highest BCUT2D eigenvalue weighted by atomic mass is 35.5. The standard InChI is InChI=1S/C17H12Cl2F3NO3/c1-26-17(25)14(4-8-2-3-9(18)5-11(8)19)23-16(24)15-12(21)6-10(20)7-13(15)22/h2-3,5-7,14H,4H2,1H3,(H,23,24)/t14-/m1/s1. The summed E-state index contributed by atoms with van der Waals surface area (Å²) in [5, 5.41) is 2.77. The van der Waals surface area contributed by atoms with Crippen LogP contribution in [0, 0.1) is 17.5 Å². The Kier molecular flexibility index (Phi) is 6.50. The number of rotatable bonds is 5. The molecule has 138 valence electrons. The number of nitrogens with one attached hydrogen (secondary N) is 1. The van der Waals surface area contributed by atoms with Crippen molar-refractivity contribution in [3.05, 3.63) is 69.0 Å². The van der Waals surface area contributed by atoms with E-state index in [9.17, 15) is 22.8 Å². The van der Waals surface area contributed by atoms with Crippen LogP contribution in [0.5, 0.6) is 0 Å². The Morgan fingerprint density at radius 3 is 2.27 bits per heavy atom. The van der Waals surface area contributed by atoms with Gasteiger partial charge in [0.05, 0.1) is 7.11 Å². The van der Waals surface area contributed by atoms with Crippen molar-refractivity contribution in [1.29, 1.82) is 0 Å². The minimum Gasteiger partial charge on any atom is -0.467 e. The molecule has 0 fully saturated rings. The van der Waals surface area contributed by atoms with E-state index in [0.29, 0.717) is 22.7 Å². The van der Waals surface area contributed by atoms with Gasteiger partial charge in [-0.2, -0.15) is 0 Å². The average molecular weight is 406 g/mol. The summed E-state index contributed by atoms with van der Waals surface area (Å²) in [5.74, 6) is -6.05. The lowest BCUT2D eigenvalue weighted by molar-refractivity contribution is -0.142. The van der Waals surface area contributed by atoms with E-state index in [4.69, 9.17) is 23.2 Å². The highest BCUT2D eigenvalue weighted by Gasteiger charge is 2.27. The van der Waals surface area contributed by atoms with Crippen LogP contribution in [0.15, 0.2) is 30.3 Å². The summed E-state index contributed by atoms with van der Waals surface area (Å²) in [6, 6.07) is 3.94. The van der Waals surface area contributed by atoms with Crippen LogP contribution in [0.3, 0.4) is 0 Å². The van der Waals surface area contributed by atoms with Crippen LogP contribution < -0.4 is 5.32 Å². The predicted molar refractivity (Wildman–Crippen MR) is 89.8 cm³/mol. The van der Waals surface area contributed by atoms with Crippen LogP contribution in [-0.2, 0) is 16.0 Å². The molecule has 0 aliphatic carbocycles. The molecule has 1 atom stereocenters. The minimum absolute atomic E-state index is 0.112. The smallest absolute Gasteiger partial charge is 0.328 e. The van der Waals surface area contributed by atoms with E-state index in [1.807, 2.05) is 0 Å². The van der Waals surface area contributed by atoms with Gasteiger partial charge in [0.2, 0.25) is 0 Å². The van der Waals surface area contributed by atoms with E-state index in [0.717, 1.165) is 7.11 Å². The molecule has 1 amide bonds. The molecule has 0 bridgehead atoms. The lowest BCUT2D eigenvalue weighted by Crippen LogP contribution is -2.43. The number of carbonyl (C=O) groups excluding carboxylic acids is 2. The van der Waals surface area contributed by atoms with Crippen molar-refractivity contribution >= 4 is 35.1 Å². The second-order valence-electron chi connectivity index (χ2n) is 5.23. The number of carbonyl (C=O) groups is 2. The van der Waals surface area contributed by atoms with Gasteiger partial charge in [-0.25, -0.2) is 18.0 Å². The van der Waals surface area contributed by atoms with Crippen LogP contribution in [0.2, 0.25) is 10.0 Å². The number of hydrogen-bond acceptors (Lipinski definition) is 3. The fourth-order valence-corrected chi connectivity index (χ4v) is 2.72. The molecule has 0 aliphatic rings. The molecule has 1 N–H and O–H groups in total. The van der Waals surface area contributed by atoms with Gasteiger partial charge in [-0.3, -0.25) is 4.79 Å². The fourth-order valence-electron chi connectivity index (χ4n) is 2.23. The Bertz CT molecular complexity index is 838. The van der Waals surface area contributed by atoms with Crippen molar-refractivity contribution in [2.45, 2.75) is 12.5 Å². The lowest BCUT2D eigenvalue weighted by Gasteiger charge is -2.18. The average Bonchev–Trinajstić information content (AvgIpc) is 2.54. The number of hydrogen-bond donors (Lipinski definition) is 1. The maximum Gasteiger partial charge on any atom is 0.328 e. The first-order chi connectivity index (χ1) is 12.2. The van der Waals surface area contributed by atoms with Gasteiger partial charge in [0.15, 0.2) is 0 Å². The molecule has 4 nitrogen and oxygen atoms in total. The topological polar surface area (TPSA) is 55.4 Å². The number of benzene rings is 2. The second-order valence-corrected chi connectivity index (χ2v) is 6.08. The van der Waals surface area contributed by atoms with E-state index < -0.39 is 40.9 Å². The Morgan fingerprint density at radius 2 is 1.73 bits per heavy atom. The van der Waals surface area contributed by atoms with Crippen molar-refractivity contribution in [3.8, 4) is 0 Å². The predicted octanol–water partition coefficient (Wildman–Crippen LogP) is 3.92. The molecular weight excluding hydrogens is 394 g/mol. The molecule has 0 radical (unpaired) electrons. The summed E-state index contributed by atoms with van der Waals surface area (Å²) in [6.07, 6.45) is -0.112. The third-order valence-corrected chi connectivity index (χ3v) is 4.05. The zero-order chi connectivity index (χ0) is 19.4. The maximum absolute atomic E-state index is 13.7. The first kappa shape index (κ1) is 20.1. The molecule has 0 unspecified atom stereocenters. The number of esters is 1. The van der Waals surface area contributed by atoms with Crippen LogP contribution in [-0.4, -0.2) is 25.0 Å². The van der Waals surface area contributed by atoms with Crippen molar-refractivity contribution in [2.75, 3.05) is 7.11 Å². The van der Waals surface area contributed by atoms with Gasteiger partial charge in [0.25, 0.3) is 5.91 Å². The summed E-state index contributed by atoms with van der Waals surface area (Å²) in [4.78, 5) is 24.1. The normalized spacial score (nSPS) is 11.8. The Balaban J connectivity index is 2.28. The monoisotopic (exact) mass is 405 g/mol. The van der Waals surface area contributed by atoms with Gasteiger partial charge in [0.1, 0.15) is 29.1 Å². The quantitative estimate of drug-likeness (QED) is 0.766. The molecule has 0 spiro atoms. The molecule has 2 aromatic rings. The fraction of sp³-hybridized carbons (Fsp3) is 0.176. The van der Waals surface area contributed by atoms with Gasteiger partial charge in [-0.05, 0) is 17.7 Å². The molecule has 9 heteroatoms. The van der Waals surface area contributed by atoms with Crippen molar-refractivity contribution in [2.24, 2.45) is 0 Å². The summed E-state index contributed by atoms with van der Waals surface area (Å²) in [6.45, 7) is 0. The first-order valence-electron chi connectivity index (χ1n) is 7.20. The van der Waals surface area contributed by atoms with E-state index >= 15 is 0 Å². The molecule has 2 rings (SSSR count). The number of methoxy groups -OCH3 is 1. The first-order valence-corrected chi connectivity index (χ1v) is 7.95. The van der Waals surface area contributed by atoms with Crippen molar-refractivity contribution < 1.29 is 27.5 Å². The molecule has 26 heavy (non-hydrogen) atoms. The summed E-state index contributed by atoms with van der Waals surface area (Å²) < 4.78 is 45.0. The number of halogens is 5. The third kappa shape index (κ3) is 4.68. The van der Waals surface area contributed by atoms with E-state index in [-0.39, 0.29) is 11.4 Å². The van der Waals surface area contributed by atoms with Gasteiger partial charge in [-0.1, -0.05) is 29.3 Å². The van der Waals surface area contributed by atoms with Crippen LogP contribution in [0.25, 0.3) is 0 Å². The second kappa shape index (κ2) is 8.42. The zero-order valence-corrected chi connectivity index (χ0v) is 14.8. The van der Waals surface area contributed by atoms with Gasteiger partial charge >= 0.3 is 5.97 Å². The summed E-state index contributed by atoms with van der Waals surface area (Å²) in [7, 11) is 1.09. The Hall–Kier alpha value is -2.25. The van der Waals surface area contributed by atoms with Crippen molar-refractivity contribution in [3.63, 3.8) is 0 Å². The molecule has 0 heterocycles. The van der Waals surface area contributed by atoms with Crippen LogP contribution in [0.1, 0.15) is 15.9 Å². The SMILES string of the molecule is COC(=O)[C@@H](Cc1ccc(Cl)cc1Cl)NC(=O)c1c(F)cc(F)cc1F. The molecule has 0 saturated heterocycles. The molecule has 2 aromatic carbocycles. The van der Waals surface area contributed by atoms with E-state index in [1.165, 1.54) is 18.2 Å². The lowest BCUT2D eigenvalue weighted by atomic mass is 10.0. The van der Waals surface area contributed by atoms with E-state index in [1.54, 1.807) is 0 Å². The van der Waals surface area contributed by atoms with Crippen molar-refractivity contribution in [1.82, 2.24) is 5.32 Å². The number of ether oxygens (including phenoxy) is 1. The van der Waals surface area contributed by atoms with Gasteiger partial charge in [-0.15, -0.1) is 0 Å². The highest BCUT2D eigenvalue weighted by molar-refractivity contribution is 6.35.